The molecule has 0 spiro atoms. The van der Waals surface area contributed by atoms with Gasteiger partial charge in [-0.15, -0.1) is 0 Å². The fraction of sp³-hybridized carbons (Fsp3) is 0.400. The maximum absolute atomic E-state index is 12.9. The van der Waals surface area contributed by atoms with Gasteiger partial charge in [-0.05, 0) is 36.1 Å². The van der Waals surface area contributed by atoms with Gasteiger partial charge in [-0.2, -0.15) is 0 Å². The molecule has 2 aliphatic rings. The van der Waals surface area contributed by atoms with Crippen molar-refractivity contribution in [3.05, 3.63) is 69.9 Å². The molecule has 1 saturated heterocycles. The van der Waals surface area contributed by atoms with Gasteiger partial charge in [0.2, 0.25) is 5.91 Å². The number of fused-ring (bicyclic) bond motifs is 4. The highest BCUT2D eigenvalue weighted by Gasteiger charge is 2.34. The summed E-state index contributed by atoms with van der Waals surface area (Å²) in [6.45, 7) is 3.12. The van der Waals surface area contributed by atoms with E-state index in [0.717, 1.165) is 37.3 Å². The predicted octanol–water partition coefficient (Wildman–Crippen LogP) is 1.72. The molecule has 2 bridgehead atoms. The van der Waals surface area contributed by atoms with Crippen LogP contribution in [0.15, 0.2) is 47.3 Å². The predicted molar refractivity (Wildman–Crippen MR) is 96.2 cm³/mol. The van der Waals surface area contributed by atoms with Crippen LogP contribution in [-0.2, 0) is 17.9 Å². The standard InChI is InChI=1S/C20H22FN3O2/c21-17-6-4-14(5-7-17)9-22-19(25)13-23-10-15-8-16(12-23)18-2-1-3-20(26)24(18)11-15/h1-7,15-16H,8-13H2,(H,22,25)/t15-,16+/m0/s1. The van der Waals surface area contributed by atoms with E-state index >= 15 is 0 Å². The fourth-order valence-electron chi connectivity index (χ4n) is 4.19. The minimum atomic E-state index is -0.278. The highest BCUT2D eigenvalue weighted by molar-refractivity contribution is 5.78. The Morgan fingerprint density at radius 2 is 1.92 bits per heavy atom. The molecular weight excluding hydrogens is 333 g/mol. The number of benzene rings is 1. The normalized spacial score (nSPS) is 21.9. The van der Waals surface area contributed by atoms with Gasteiger partial charge < -0.3 is 9.88 Å². The maximum Gasteiger partial charge on any atom is 0.250 e. The number of rotatable bonds is 4. The van der Waals surface area contributed by atoms with E-state index in [4.69, 9.17) is 0 Å². The lowest BCUT2D eigenvalue weighted by Gasteiger charge is -2.42. The lowest BCUT2D eigenvalue weighted by Crippen LogP contribution is -2.49. The molecule has 2 aromatic rings. The smallest absolute Gasteiger partial charge is 0.250 e. The summed E-state index contributed by atoms with van der Waals surface area (Å²) >= 11 is 0. The number of hydrogen-bond acceptors (Lipinski definition) is 3. The molecule has 0 unspecified atom stereocenters. The molecule has 1 N–H and O–H groups in total. The summed E-state index contributed by atoms with van der Waals surface area (Å²) in [5.74, 6) is 0.409. The molecular formula is C20H22FN3O2. The molecule has 1 fully saturated rings. The molecule has 6 heteroatoms. The maximum atomic E-state index is 12.9. The quantitative estimate of drug-likeness (QED) is 0.909. The van der Waals surface area contributed by atoms with E-state index in [0.29, 0.717) is 24.9 Å². The summed E-state index contributed by atoms with van der Waals surface area (Å²) in [5, 5.41) is 2.90. The molecule has 1 aromatic heterocycles. The van der Waals surface area contributed by atoms with Crippen molar-refractivity contribution in [3.63, 3.8) is 0 Å². The second kappa shape index (κ2) is 7.03. The molecule has 1 aromatic carbocycles. The summed E-state index contributed by atoms with van der Waals surface area (Å²) in [6.07, 6.45) is 1.08. The first-order chi connectivity index (χ1) is 12.6. The zero-order valence-corrected chi connectivity index (χ0v) is 14.5. The van der Waals surface area contributed by atoms with Gasteiger partial charge in [0.1, 0.15) is 5.82 Å². The largest absolute Gasteiger partial charge is 0.351 e. The Bertz CT molecular complexity index is 862. The van der Waals surface area contributed by atoms with Crippen LogP contribution in [0.2, 0.25) is 0 Å². The number of pyridine rings is 1. The third-order valence-electron chi connectivity index (χ3n) is 5.33. The zero-order valence-electron chi connectivity index (χ0n) is 14.5. The Hall–Kier alpha value is -2.47. The lowest BCUT2D eigenvalue weighted by atomic mass is 9.83. The van der Waals surface area contributed by atoms with E-state index in [-0.39, 0.29) is 17.3 Å². The molecule has 2 atom stereocenters. The lowest BCUT2D eigenvalue weighted by molar-refractivity contribution is -0.123. The molecule has 2 aliphatic heterocycles. The minimum Gasteiger partial charge on any atom is -0.351 e. The van der Waals surface area contributed by atoms with Gasteiger partial charge in [0, 0.05) is 43.9 Å². The zero-order chi connectivity index (χ0) is 18.1. The van der Waals surface area contributed by atoms with Crippen molar-refractivity contribution < 1.29 is 9.18 Å². The van der Waals surface area contributed by atoms with Crippen LogP contribution in [0.5, 0.6) is 0 Å². The molecule has 26 heavy (non-hydrogen) atoms. The third kappa shape index (κ3) is 3.55. The van der Waals surface area contributed by atoms with Crippen LogP contribution in [0.3, 0.4) is 0 Å². The van der Waals surface area contributed by atoms with Crippen molar-refractivity contribution in [1.29, 1.82) is 0 Å². The number of likely N-dealkylation sites (tertiary alicyclic amines) is 1. The Morgan fingerprint density at radius 1 is 1.12 bits per heavy atom. The molecule has 0 radical (unpaired) electrons. The number of aromatic nitrogens is 1. The van der Waals surface area contributed by atoms with Crippen molar-refractivity contribution in [2.75, 3.05) is 19.6 Å². The van der Waals surface area contributed by atoms with Crippen LogP contribution in [0.1, 0.15) is 23.6 Å². The van der Waals surface area contributed by atoms with Crippen LogP contribution < -0.4 is 10.9 Å². The topological polar surface area (TPSA) is 54.3 Å². The van der Waals surface area contributed by atoms with Gasteiger partial charge in [-0.1, -0.05) is 18.2 Å². The van der Waals surface area contributed by atoms with E-state index in [2.05, 4.69) is 10.2 Å². The Kier molecular flexibility index (Phi) is 4.59. The van der Waals surface area contributed by atoms with E-state index in [1.54, 1.807) is 18.2 Å². The second-order valence-electron chi connectivity index (χ2n) is 7.30. The van der Waals surface area contributed by atoms with Crippen molar-refractivity contribution in [2.45, 2.75) is 25.4 Å². The molecule has 0 saturated carbocycles. The number of nitrogens with one attached hydrogen (secondary N) is 1. The van der Waals surface area contributed by atoms with Gasteiger partial charge in [-0.3, -0.25) is 14.5 Å². The summed E-state index contributed by atoms with van der Waals surface area (Å²) in [6, 6.07) is 11.6. The Labute approximate surface area is 151 Å². The summed E-state index contributed by atoms with van der Waals surface area (Å²) < 4.78 is 14.8. The Balaban J connectivity index is 1.36. The third-order valence-corrected chi connectivity index (χ3v) is 5.33. The average molecular weight is 355 g/mol. The van der Waals surface area contributed by atoms with Crippen LogP contribution in [0.4, 0.5) is 4.39 Å². The van der Waals surface area contributed by atoms with Crippen molar-refractivity contribution in [2.24, 2.45) is 5.92 Å². The van der Waals surface area contributed by atoms with E-state index < -0.39 is 0 Å². The summed E-state index contributed by atoms with van der Waals surface area (Å²) in [7, 11) is 0. The van der Waals surface area contributed by atoms with Crippen LogP contribution >= 0.6 is 0 Å². The molecule has 1 amide bonds. The first kappa shape index (κ1) is 17.0. The number of amides is 1. The fourth-order valence-corrected chi connectivity index (χ4v) is 4.19. The van der Waals surface area contributed by atoms with Crippen LogP contribution in [-0.4, -0.2) is 35.0 Å². The number of carbonyl (C=O) groups excluding carboxylic acids is 1. The van der Waals surface area contributed by atoms with Crippen molar-refractivity contribution >= 4 is 5.91 Å². The van der Waals surface area contributed by atoms with Gasteiger partial charge in [0.25, 0.3) is 5.56 Å². The average Bonchev–Trinajstić information content (AvgIpc) is 2.62. The van der Waals surface area contributed by atoms with Crippen molar-refractivity contribution in [1.82, 2.24) is 14.8 Å². The SMILES string of the molecule is O=C(CN1C[C@@H]2C[C@H](C1)c1cccc(=O)n1C2)NCc1ccc(F)cc1. The number of nitrogens with zero attached hydrogens (tertiary/aromatic N) is 2. The van der Waals surface area contributed by atoms with Crippen LogP contribution in [0, 0.1) is 11.7 Å². The first-order valence-corrected chi connectivity index (χ1v) is 9.02. The molecule has 3 heterocycles. The van der Waals surface area contributed by atoms with E-state index in [9.17, 15) is 14.0 Å². The number of piperidine rings is 1. The van der Waals surface area contributed by atoms with Crippen molar-refractivity contribution in [3.8, 4) is 0 Å². The van der Waals surface area contributed by atoms with E-state index in [1.165, 1.54) is 12.1 Å². The van der Waals surface area contributed by atoms with Gasteiger partial charge in [-0.25, -0.2) is 4.39 Å². The summed E-state index contributed by atoms with van der Waals surface area (Å²) in [4.78, 5) is 26.5. The molecule has 136 valence electrons. The molecule has 5 nitrogen and oxygen atoms in total. The molecule has 0 aliphatic carbocycles. The monoisotopic (exact) mass is 355 g/mol. The minimum absolute atomic E-state index is 0.0280. The van der Waals surface area contributed by atoms with Gasteiger partial charge in [0.05, 0.1) is 6.54 Å². The van der Waals surface area contributed by atoms with Gasteiger partial charge >= 0.3 is 0 Å². The first-order valence-electron chi connectivity index (χ1n) is 9.02. The van der Waals surface area contributed by atoms with Crippen LogP contribution in [0.25, 0.3) is 0 Å². The number of halogens is 1. The van der Waals surface area contributed by atoms with E-state index in [1.807, 2.05) is 16.7 Å². The molecule has 4 rings (SSSR count). The highest BCUT2D eigenvalue weighted by Crippen LogP contribution is 2.34. The van der Waals surface area contributed by atoms with Gasteiger partial charge in [0.15, 0.2) is 0 Å². The summed E-state index contributed by atoms with van der Waals surface area (Å²) in [5.41, 5.74) is 2.04. The number of carbonyl (C=O) groups is 1. The second-order valence-corrected chi connectivity index (χ2v) is 7.30. The Morgan fingerprint density at radius 3 is 2.73 bits per heavy atom. The highest BCUT2D eigenvalue weighted by atomic mass is 19.1. The number of hydrogen-bond donors (Lipinski definition) is 1.